The number of likely N-dealkylation sites (N-methyl/N-ethyl adjacent to an activating group) is 1. The van der Waals surface area contributed by atoms with E-state index >= 15 is 0 Å². The maximum Gasteiger partial charge on any atom is 0.245 e. The number of piperazine rings is 1. The van der Waals surface area contributed by atoms with Crippen LogP contribution in [0.3, 0.4) is 0 Å². The molecule has 7 nitrogen and oxygen atoms in total. The predicted octanol–water partition coefficient (Wildman–Crippen LogP) is 2.21. The van der Waals surface area contributed by atoms with Crippen LogP contribution in [0.25, 0.3) is 10.9 Å². The summed E-state index contributed by atoms with van der Waals surface area (Å²) < 4.78 is 72.1. The van der Waals surface area contributed by atoms with Gasteiger partial charge in [0.05, 0.1) is 22.1 Å². The van der Waals surface area contributed by atoms with E-state index in [-0.39, 0.29) is 30.4 Å². The van der Waals surface area contributed by atoms with Crippen molar-refractivity contribution >= 4 is 22.7 Å². The Hall–Kier alpha value is -3.48. The van der Waals surface area contributed by atoms with E-state index in [0.29, 0.717) is 26.3 Å². The third-order valence-corrected chi connectivity index (χ3v) is 5.30. The van der Waals surface area contributed by atoms with Crippen LogP contribution in [-0.2, 0) is 16.0 Å². The number of hydrogen-bond acceptors (Lipinski definition) is 4. The fourth-order valence-corrected chi connectivity index (χ4v) is 4.00. The minimum Gasteiger partial charge on any atom is -0.454 e. The summed E-state index contributed by atoms with van der Waals surface area (Å²) in [6, 6.07) is 0.164. The fourth-order valence-electron chi connectivity index (χ4n) is 4.00. The van der Waals surface area contributed by atoms with Gasteiger partial charge in [-0.1, -0.05) is 24.2 Å². The van der Waals surface area contributed by atoms with Gasteiger partial charge in [0.1, 0.15) is 6.02 Å². The van der Waals surface area contributed by atoms with Gasteiger partial charge in [-0.15, -0.1) is 0 Å². The van der Waals surface area contributed by atoms with Crippen molar-refractivity contribution in [2.45, 2.75) is 18.5 Å². The molecule has 2 aromatic carbocycles. The molecule has 1 fully saturated rings. The van der Waals surface area contributed by atoms with Crippen molar-refractivity contribution < 1.29 is 28.7 Å². The Bertz CT molecular complexity index is 1530. The van der Waals surface area contributed by atoms with Gasteiger partial charge >= 0.3 is 0 Å². The average Bonchev–Trinajstić information content (AvgIpc) is 3.47. The monoisotopic (exact) mass is 396 g/mol. The van der Waals surface area contributed by atoms with Gasteiger partial charge in [0.2, 0.25) is 18.6 Å². The quantitative estimate of drug-likeness (QED) is 0.684. The van der Waals surface area contributed by atoms with Gasteiger partial charge < -0.3 is 24.3 Å². The first kappa shape index (κ1) is 10.9. The van der Waals surface area contributed by atoms with Gasteiger partial charge in [0.25, 0.3) is 0 Å². The topological polar surface area (TPSA) is 74.9 Å². The lowest BCUT2D eigenvalue weighted by Crippen LogP contribution is -2.62. The first-order valence-electron chi connectivity index (χ1n) is 12.5. The number of carbonyl (C=O) groups excluding carboxylic acids is 2. The van der Waals surface area contributed by atoms with Crippen molar-refractivity contribution in [3.63, 3.8) is 0 Å². The van der Waals surface area contributed by atoms with Crippen LogP contribution < -0.4 is 9.47 Å². The summed E-state index contributed by atoms with van der Waals surface area (Å²) in [4.78, 5) is 31.3. The van der Waals surface area contributed by atoms with Gasteiger partial charge in [-0.25, -0.2) is 0 Å². The van der Waals surface area contributed by atoms with Crippen molar-refractivity contribution in [3.8, 4) is 11.5 Å². The summed E-state index contributed by atoms with van der Waals surface area (Å²) in [6.45, 7) is -3.21. The first-order valence-corrected chi connectivity index (χ1v) is 8.99. The average molecular weight is 396 g/mol. The molecule has 146 valence electrons. The lowest BCUT2D eigenvalue weighted by Gasteiger charge is -2.46. The van der Waals surface area contributed by atoms with Crippen LogP contribution in [0.15, 0.2) is 42.4 Å². The van der Waals surface area contributed by atoms with Gasteiger partial charge in [-0.3, -0.25) is 9.59 Å². The minimum absolute atomic E-state index is 0.00773. The van der Waals surface area contributed by atoms with Crippen molar-refractivity contribution in [1.29, 1.82) is 0 Å². The fraction of sp³-hybridized carbons (Fsp3) is 0.273. The number of ether oxygens (including phenoxy) is 2. The van der Waals surface area contributed by atoms with Gasteiger partial charge in [0, 0.05) is 30.1 Å². The van der Waals surface area contributed by atoms with Crippen LogP contribution in [0, 0.1) is 0 Å². The molecule has 2 amide bonds. The molecule has 4 heterocycles. The molecule has 0 radical (unpaired) electrons. The van der Waals surface area contributed by atoms with Crippen molar-refractivity contribution in [1.82, 2.24) is 14.8 Å². The molecule has 1 N–H and O–H groups in total. The van der Waals surface area contributed by atoms with Crippen molar-refractivity contribution in [2.75, 3.05) is 20.3 Å². The second kappa shape index (κ2) is 5.76. The van der Waals surface area contributed by atoms with Gasteiger partial charge in [-0.2, -0.15) is 0 Å². The number of nitrogens with zero attached hydrogens (tertiary/aromatic N) is 2. The number of H-pyrrole nitrogens is 1. The van der Waals surface area contributed by atoms with E-state index in [9.17, 15) is 12.3 Å². The molecule has 1 aromatic heterocycles. The largest absolute Gasteiger partial charge is 0.454 e. The molecule has 0 saturated carbocycles. The number of carbonyl (C=O) groups is 2. The number of benzene rings is 2. The highest BCUT2D eigenvalue weighted by Crippen LogP contribution is 2.44. The highest BCUT2D eigenvalue weighted by molar-refractivity contribution is 5.97. The van der Waals surface area contributed by atoms with E-state index in [0.717, 1.165) is 7.05 Å². The van der Waals surface area contributed by atoms with Crippen LogP contribution in [0.4, 0.5) is 0 Å². The molecule has 0 aliphatic carbocycles. The van der Waals surface area contributed by atoms with E-state index in [1.807, 2.05) is 0 Å². The van der Waals surface area contributed by atoms with E-state index < -0.39 is 54.0 Å². The number of rotatable bonds is 1. The second-order valence-electron chi connectivity index (χ2n) is 6.93. The lowest BCUT2D eigenvalue weighted by molar-refractivity contribution is -0.157. The molecule has 3 aromatic rings. The number of nitrogens with one attached hydrogen (secondary N) is 1. The third-order valence-electron chi connectivity index (χ3n) is 5.30. The number of amides is 2. The molecule has 29 heavy (non-hydrogen) atoms. The summed E-state index contributed by atoms with van der Waals surface area (Å²) >= 11 is 0. The predicted molar refractivity (Wildman–Crippen MR) is 105 cm³/mol. The zero-order chi connectivity index (χ0) is 25.9. The third kappa shape index (κ3) is 2.24. The zero-order valence-electron chi connectivity index (χ0n) is 22.3. The van der Waals surface area contributed by atoms with Gasteiger partial charge in [0.15, 0.2) is 11.5 Å². The zero-order valence-corrected chi connectivity index (χ0v) is 15.3. The van der Waals surface area contributed by atoms with Crippen LogP contribution in [0.1, 0.15) is 32.4 Å². The molecule has 0 unspecified atom stereocenters. The van der Waals surface area contributed by atoms with Crippen molar-refractivity contribution in [3.05, 3.63) is 59.2 Å². The second-order valence-corrected chi connectivity index (χ2v) is 6.93. The maximum atomic E-state index is 13.7. The molecule has 2 atom stereocenters. The Morgan fingerprint density at radius 3 is 2.97 bits per heavy atom. The number of aromatic amines is 1. The number of fused-ring (bicyclic) bond motifs is 5. The minimum atomic E-state index is -2.90. The Labute approximate surface area is 176 Å². The van der Waals surface area contributed by atoms with E-state index in [4.69, 9.17) is 16.3 Å². The van der Waals surface area contributed by atoms with Crippen LogP contribution in [0.2, 0.25) is 0 Å². The van der Waals surface area contributed by atoms with E-state index in [1.54, 1.807) is 24.3 Å². The molecule has 3 aliphatic rings. The van der Waals surface area contributed by atoms with Gasteiger partial charge in [-0.05, 0) is 29.3 Å². The number of aromatic nitrogens is 1. The molecule has 1 saturated heterocycles. The highest BCUT2D eigenvalue weighted by Gasteiger charge is 2.47. The normalized spacial score (nSPS) is 33.1. The molecular formula is C22H19N3O4. The number of hydrogen-bond donors (Lipinski definition) is 1. The summed E-state index contributed by atoms with van der Waals surface area (Å²) in [5, 5.41) is 0.580. The lowest BCUT2D eigenvalue weighted by atomic mass is 9.86. The Balaban J connectivity index is 1.78. The first-order chi connectivity index (χ1) is 16.9. The van der Waals surface area contributed by atoms with E-state index in [2.05, 4.69) is 4.98 Å². The Kier molecular flexibility index (Phi) is 2.17. The maximum absolute atomic E-state index is 13.7. The van der Waals surface area contributed by atoms with Crippen LogP contribution in [-0.4, -0.2) is 53.0 Å². The molecule has 0 bridgehead atoms. The Morgan fingerprint density at radius 2 is 2.07 bits per heavy atom. The molecule has 7 heteroatoms. The summed E-state index contributed by atoms with van der Waals surface area (Å²) in [5.74, 6) is -2.75. The highest BCUT2D eigenvalue weighted by atomic mass is 16.7. The molecular weight excluding hydrogens is 370 g/mol. The molecule has 0 spiro atoms. The standard InChI is InChI=1S/C22H19N3O4/c1-24-10-19(26)25-16(22(24)27)9-14-13-4-2-3-5-15(13)23-20(14)21(25)12-6-7-17-18(8-12)29-11-28-17/h2-8,16,21,23H,9-11H2,1H3/t16-,21-/m1/s1/i6D,7D,8D,10D2,16D,21D. The van der Waals surface area contributed by atoms with Crippen molar-refractivity contribution in [2.24, 2.45) is 0 Å². The van der Waals surface area contributed by atoms with Crippen LogP contribution >= 0.6 is 0 Å². The Morgan fingerprint density at radius 1 is 1.24 bits per heavy atom. The molecule has 6 rings (SSSR count). The number of para-hydroxylation sites is 1. The smallest absolute Gasteiger partial charge is 0.245 e. The van der Waals surface area contributed by atoms with E-state index in [1.165, 1.54) is 0 Å². The summed E-state index contributed by atoms with van der Waals surface area (Å²) in [7, 11) is 1.08. The van der Waals surface area contributed by atoms with Crippen LogP contribution in [0.5, 0.6) is 11.5 Å². The summed E-state index contributed by atoms with van der Waals surface area (Å²) in [6.07, 6.45) is -0.350. The summed E-state index contributed by atoms with van der Waals surface area (Å²) in [5.41, 5.74) is 0.395. The molecule has 3 aliphatic heterocycles. The SMILES string of the molecule is [2H]c1c([2H])c([C@]2([2H])c3[nH]c4ccccc4c3C[C@]3([2H])C(=O)N(C)C([2H])([2H])C(=O)N23)c([2H])c2c1OCO2.